The standard InChI is InChI=1S/C17H31N3/c1-4-6-7-10-16(3)18-13-14-20(5-2)15-17-11-8-9-12-19-17/h8-9,11-12,16,18H,4-7,10,13-15H2,1-3H3. The molecule has 1 aromatic heterocycles. The number of hydrogen-bond acceptors (Lipinski definition) is 3. The van der Waals surface area contributed by atoms with E-state index in [0.717, 1.165) is 31.9 Å². The van der Waals surface area contributed by atoms with Crippen LogP contribution in [0.5, 0.6) is 0 Å². The molecular weight excluding hydrogens is 246 g/mol. The lowest BCUT2D eigenvalue weighted by atomic mass is 10.1. The number of pyridine rings is 1. The van der Waals surface area contributed by atoms with Crippen LogP contribution in [-0.4, -0.2) is 35.6 Å². The number of rotatable bonds is 11. The molecule has 1 rings (SSSR count). The van der Waals surface area contributed by atoms with Gasteiger partial charge in [-0.3, -0.25) is 9.88 Å². The predicted octanol–water partition coefficient (Wildman–Crippen LogP) is 3.46. The number of unbranched alkanes of at least 4 members (excludes halogenated alkanes) is 2. The van der Waals surface area contributed by atoms with Crippen LogP contribution in [0.1, 0.15) is 52.1 Å². The number of nitrogens with zero attached hydrogens (tertiary/aromatic N) is 2. The van der Waals surface area contributed by atoms with Gasteiger partial charge in [0.05, 0.1) is 5.69 Å². The Kier molecular flexibility index (Phi) is 9.25. The quantitative estimate of drug-likeness (QED) is 0.628. The summed E-state index contributed by atoms with van der Waals surface area (Å²) in [6.45, 7) is 10.9. The average Bonchev–Trinajstić information content (AvgIpc) is 2.47. The third-order valence-electron chi connectivity index (χ3n) is 3.72. The molecule has 0 aliphatic carbocycles. The molecule has 114 valence electrons. The first-order valence-electron chi connectivity index (χ1n) is 8.11. The minimum atomic E-state index is 0.634. The zero-order chi connectivity index (χ0) is 14.6. The molecule has 0 aliphatic heterocycles. The average molecular weight is 277 g/mol. The predicted molar refractivity (Wildman–Crippen MR) is 86.8 cm³/mol. The Hall–Kier alpha value is -0.930. The summed E-state index contributed by atoms with van der Waals surface area (Å²) in [4.78, 5) is 6.84. The van der Waals surface area contributed by atoms with Gasteiger partial charge in [-0.2, -0.15) is 0 Å². The fraction of sp³-hybridized carbons (Fsp3) is 0.706. The highest BCUT2D eigenvalue weighted by Crippen LogP contribution is 2.03. The summed E-state index contributed by atoms with van der Waals surface area (Å²) in [5, 5.41) is 3.63. The molecule has 0 spiro atoms. The highest BCUT2D eigenvalue weighted by molar-refractivity contribution is 5.03. The van der Waals surface area contributed by atoms with Crippen molar-refractivity contribution in [2.75, 3.05) is 19.6 Å². The lowest BCUT2D eigenvalue weighted by molar-refractivity contribution is 0.270. The van der Waals surface area contributed by atoms with Crippen LogP contribution in [0.3, 0.4) is 0 Å². The van der Waals surface area contributed by atoms with Crippen molar-refractivity contribution >= 4 is 0 Å². The highest BCUT2D eigenvalue weighted by Gasteiger charge is 2.05. The molecule has 3 heteroatoms. The Bertz CT molecular complexity index is 326. The van der Waals surface area contributed by atoms with Crippen LogP contribution in [0.25, 0.3) is 0 Å². The fourth-order valence-electron chi connectivity index (χ4n) is 2.34. The van der Waals surface area contributed by atoms with Crippen molar-refractivity contribution in [1.82, 2.24) is 15.2 Å². The van der Waals surface area contributed by atoms with E-state index >= 15 is 0 Å². The van der Waals surface area contributed by atoms with E-state index in [1.165, 1.54) is 25.7 Å². The van der Waals surface area contributed by atoms with Crippen LogP contribution in [0.4, 0.5) is 0 Å². The van der Waals surface area contributed by atoms with Gasteiger partial charge in [0, 0.05) is 31.9 Å². The summed E-state index contributed by atoms with van der Waals surface area (Å²) in [6.07, 6.45) is 7.17. The Labute approximate surface area is 124 Å². The van der Waals surface area contributed by atoms with Crippen LogP contribution in [0, 0.1) is 0 Å². The molecule has 0 bridgehead atoms. The number of likely N-dealkylation sites (N-methyl/N-ethyl adjacent to an activating group) is 1. The van der Waals surface area contributed by atoms with Crippen molar-refractivity contribution in [2.24, 2.45) is 0 Å². The topological polar surface area (TPSA) is 28.2 Å². The smallest absolute Gasteiger partial charge is 0.0543 e. The SMILES string of the molecule is CCCCCC(C)NCCN(CC)Cc1ccccn1. The van der Waals surface area contributed by atoms with Crippen molar-refractivity contribution < 1.29 is 0 Å². The molecular formula is C17H31N3. The zero-order valence-corrected chi connectivity index (χ0v) is 13.4. The van der Waals surface area contributed by atoms with Crippen molar-refractivity contribution in [1.29, 1.82) is 0 Å². The van der Waals surface area contributed by atoms with Crippen molar-refractivity contribution in [3.8, 4) is 0 Å². The van der Waals surface area contributed by atoms with E-state index < -0.39 is 0 Å². The van der Waals surface area contributed by atoms with Gasteiger partial charge >= 0.3 is 0 Å². The van der Waals surface area contributed by atoms with Crippen molar-refractivity contribution in [3.05, 3.63) is 30.1 Å². The van der Waals surface area contributed by atoms with E-state index in [1.54, 1.807) is 0 Å². The first-order valence-corrected chi connectivity index (χ1v) is 8.11. The third-order valence-corrected chi connectivity index (χ3v) is 3.72. The Balaban J connectivity index is 2.18. The Morgan fingerprint density at radius 2 is 2.10 bits per heavy atom. The maximum absolute atomic E-state index is 4.40. The van der Waals surface area contributed by atoms with Gasteiger partial charge in [-0.05, 0) is 32.0 Å². The van der Waals surface area contributed by atoms with E-state index in [2.05, 4.69) is 48.1 Å². The minimum absolute atomic E-state index is 0.634. The van der Waals surface area contributed by atoms with Crippen LogP contribution in [-0.2, 0) is 6.54 Å². The molecule has 1 heterocycles. The van der Waals surface area contributed by atoms with Gasteiger partial charge in [0.15, 0.2) is 0 Å². The maximum Gasteiger partial charge on any atom is 0.0543 e. The third kappa shape index (κ3) is 7.61. The number of hydrogen-bond donors (Lipinski definition) is 1. The van der Waals surface area contributed by atoms with Gasteiger partial charge in [-0.25, -0.2) is 0 Å². The second-order valence-corrected chi connectivity index (χ2v) is 5.54. The van der Waals surface area contributed by atoms with Crippen molar-refractivity contribution in [2.45, 2.75) is 59.0 Å². The molecule has 0 amide bonds. The van der Waals surface area contributed by atoms with Crippen LogP contribution in [0.15, 0.2) is 24.4 Å². The van der Waals surface area contributed by atoms with E-state index in [9.17, 15) is 0 Å². The highest BCUT2D eigenvalue weighted by atomic mass is 15.1. The molecule has 0 saturated carbocycles. The molecule has 1 N–H and O–H groups in total. The summed E-state index contributed by atoms with van der Waals surface area (Å²) in [5.41, 5.74) is 1.16. The maximum atomic E-state index is 4.40. The van der Waals surface area contributed by atoms with Crippen LogP contribution < -0.4 is 5.32 Å². The van der Waals surface area contributed by atoms with Gasteiger partial charge in [0.25, 0.3) is 0 Å². The molecule has 0 fully saturated rings. The lowest BCUT2D eigenvalue weighted by Crippen LogP contribution is -2.35. The molecule has 0 radical (unpaired) electrons. The van der Waals surface area contributed by atoms with Crippen molar-refractivity contribution in [3.63, 3.8) is 0 Å². The first kappa shape index (κ1) is 17.1. The van der Waals surface area contributed by atoms with Gasteiger partial charge in [-0.1, -0.05) is 39.2 Å². The second kappa shape index (κ2) is 10.8. The molecule has 0 saturated heterocycles. The van der Waals surface area contributed by atoms with E-state index in [1.807, 2.05) is 12.3 Å². The summed E-state index contributed by atoms with van der Waals surface area (Å²) < 4.78 is 0. The van der Waals surface area contributed by atoms with E-state index in [-0.39, 0.29) is 0 Å². The van der Waals surface area contributed by atoms with Gasteiger partial charge < -0.3 is 5.32 Å². The fourth-order valence-corrected chi connectivity index (χ4v) is 2.34. The molecule has 3 nitrogen and oxygen atoms in total. The number of aromatic nitrogens is 1. The van der Waals surface area contributed by atoms with E-state index in [0.29, 0.717) is 6.04 Å². The van der Waals surface area contributed by atoms with Crippen LogP contribution in [0.2, 0.25) is 0 Å². The monoisotopic (exact) mass is 277 g/mol. The first-order chi connectivity index (χ1) is 9.76. The van der Waals surface area contributed by atoms with Gasteiger partial charge in [-0.15, -0.1) is 0 Å². The lowest BCUT2D eigenvalue weighted by Gasteiger charge is -2.21. The minimum Gasteiger partial charge on any atom is -0.313 e. The summed E-state index contributed by atoms with van der Waals surface area (Å²) >= 11 is 0. The normalized spacial score (nSPS) is 12.8. The molecule has 1 aromatic rings. The molecule has 0 aromatic carbocycles. The Morgan fingerprint density at radius 1 is 1.25 bits per heavy atom. The summed E-state index contributed by atoms with van der Waals surface area (Å²) in [5.74, 6) is 0. The van der Waals surface area contributed by atoms with Gasteiger partial charge in [0.2, 0.25) is 0 Å². The summed E-state index contributed by atoms with van der Waals surface area (Å²) in [7, 11) is 0. The molecule has 1 atom stereocenters. The van der Waals surface area contributed by atoms with Gasteiger partial charge in [0.1, 0.15) is 0 Å². The Morgan fingerprint density at radius 3 is 2.75 bits per heavy atom. The molecule has 0 aliphatic rings. The molecule has 1 unspecified atom stereocenters. The summed E-state index contributed by atoms with van der Waals surface area (Å²) in [6, 6.07) is 6.77. The van der Waals surface area contributed by atoms with E-state index in [4.69, 9.17) is 0 Å². The molecule has 20 heavy (non-hydrogen) atoms. The largest absolute Gasteiger partial charge is 0.313 e. The second-order valence-electron chi connectivity index (χ2n) is 5.54. The number of nitrogens with one attached hydrogen (secondary N) is 1. The van der Waals surface area contributed by atoms with Crippen LogP contribution >= 0.6 is 0 Å². The zero-order valence-electron chi connectivity index (χ0n) is 13.4.